The van der Waals surface area contributed by atoms with Gasteiger partial charge in [0.05, 0.1) is 16.9 Å². The normalized spacial score (nSPS) is 18.6. The monoisotopic (exact) mass is 376 g/mol. The molecule has 1 fully saturated rings. The lowest BCUT2D eigenvalue weighted by Gasteiger charge is -2.18. The van der Waals surface area contributed by atoms with E-state index in [0.29, 0.717) is 11.1 Å². The summed E-state index contributed by atoms with van der Waals surface area (Å²) >= 11 is 6.21. The molecule has 128 valence electrons. The number of nitrogens with zero attached hydrogens (tertiary/aromatic N) is 3. The minimum Gasteiger partial charge on any atom is -0.328 e. The Morgan fingerprint density at radius 3 is 2.74 bits per heavy atom. The second-order valence-electron chi connectivity index (χ2n) is 5.71. The van der Waals surface area contributed by atoms with Gasteiger partial charge in [0.15, 0.2) is 0 Å². The van der Waals surface area contributed by atoms with E-state index in [-0.39, 0.29) is 24.8 Å². The van der Waals surface area contributed by atoms with Gasteiger partial charge in [-0.05, 0) is 44.5 Å². The summed E-state index contributed by atoms with van der Waals surface area (Å²) in [6.45, 7) is 3.11. The van der Waals surface area contributed by atoms with Crippen molar-refractivity contribution in [2.75, 3.05) is 13.1 Å². The highest BCUT2D eigenvalue weighted by Crippen LogP contribution is 2.20. The first-order valence-corrected chi connectivity index (χ1v) is 7.86. The van der Waals surface area contributed by atoms with Crippen molar-refractivity contribution in [3.63, 3.8) is 0 Å². The number of aromatic nitrogens is 2. The summed E-state index contributed by atoms with van der Waals surface area (Å²) in [6.07, 6.45) is 7.38. The molecule has 1 aliphatic rings. The van der Waals surface area contributed by atoms with Crippen molar-refractivity contribution < 1.29 is 0 Å². The van der Waals surface area contributed by atoms with Crippen molar-refractivity contribution >= 4 is 36.4 Å². The van der Waals surface area contributed by atoms with E-state index in [1.807, 2.05) is 35.1 Å². The van der Waals surface area contributed by atoms with Crippen molar-refractivity contribution in [3.05, 3.63) is 47.2 Å². The molecule has 7 heteroatoms. The number of nitrogens with two attached hydrogens (primary N) is 1. The summed E-state index contributed by atoms with van der Waals surface area (Å²) in [5, 5.41) is 5.15. The predicted molar refractivity (Wildman–Crippen MR) is 100 cm³/mol. The largest absolute Gasteiger partial charge is 0.328 e. The first-order chi connectivity index (χ1) is 10.2. The maximum Gasteiger partial charge on any atom is 0.0831 e. The lowest BCUT2D eigenvalue weighted by Crippen LogP contribution is -2.26. The van der Waals surface area contributed by atoms with Crippen molar-refractivity contribution in [1.82, 2.24) is 14.7 Å². The first-order valence-electron chi connectivity index (χ1n) is 7.49. The summed E-state index contributed by atoms with van der Waals surface area (Å²) in [6, 6.07) is 8.12. The summed E-state index contributed by atoms with van der Waals surface area (Å²) in [5.41, 5.74) is 8.16. The van der Waals surface area contributed by atoms with Gasteiger partial charge in [-0.25, -0.2) is 4.68 Å². The fourth-order valence-electron chi connectivity index (χ4n) is 2.81. The molecule has 2 N–H and O–H groups in total. The second-order valence-corrected chi connectivity index (χ2v) is 6.12. The highest BCUT2D eigenvalue weighted by Gasteiger charge is 2.15. The van der Waals surface area contributed by atoms with Gasteiger partial charge < -0.3 is 5.73 Å². The van der Waals surface area contributed by atoms with E-state index in [1.165, 1.54) is 12.0 Å². The van der Waals surface area contributed by atoms with Crippen LogP contribution in [0, 0.1) is 0 Å². The van der Waals surface area contributed by atoms with Gasteiger partial charge in [-0.3, -0.25) is 4.90 Å². The van der Waals surface area contributed by atoms with E-state index in [1.54, 1.807) is 0 Å². The maximum atomic E-state index is 6.21. The Morgan fingerprint density at radius 1 is 1.17 bits per heavy atom. The van der Waals surface area contributed by atoms with Gasteiger partial charge in [0, 0.05) is 24.3 Å². The molecule has 1 aromatic heterocycles. The zero-order valence-electron chi connectivity index (χ0n) is 12.9. The summed E-state index contributed by atoms with van der Waals surface area (Å²) in [7, 11) is 0. The molecule has 1 aliphatic heterocycles. The third kappa shape index (κ3) is 5.37. The van der Waals surface area contributed by atoms with Crippen LogP contribution in [-0.2, 0) is 6.54 Å². The van der Waals surface area contributed by atoms with E-state index in [0.717, 1.165) is 38.2 Å². The average molecular weight is 378 g/mol. The minimum atomic E-state index is 0. The van der Waals surface area contributed by atoms with Crippen LogP contribution in [0.1, 0.15) is 24.8 Å². The molecule has 2 heterocycles. The molecule has 0 amide bonds. The molecule has 0 aliphatic carbocycles. The number of hydrogen-bond acceptors (Lipinski definition) is 3. The van der Waals surface area contributed by atoms with Crippen LogP contribution in [0.4, 0.5) is 0 Å². The van der Waals surface area contributed by atoms with Crippen molar-refractivity contribution in [2.45, 2.75) is 31.8 Å². The van der Waals surface area contributed by atoms with E-state index >= 15 is 0 Å². The fraction of sp³-hybridized carbons (Fsp3) is 0.438. The second kappa shape index (κ2) is 9.50. The predicted octanol–water partition coefficient (Wildman–Crippen LogP) is 3.68. The standard InChI is InChI=1S/C16H21ClN4.2ClH/c17-15-5-1-2-6-16(15)21-12-13(10-19-21)11-20-8-3-4-14(18)7-9-20;;/h1-2,5-6,10,12,14H,3-4,7-9,11,18H2;2*1H. The molecule has 0 radical (unpaired) electrons. The Kier molecular flexibility index (Phi) is 8.37. The number of para-hydroxylation sites is 1. The van der Waals surface area contributed by atoms with Crippen LogP contribution in [-0.4, -0.2) is 33.8 Å². The molecule has 4 nitrogen and oxygen atoms in total. The molecular weight excluding hydrogens is 355 g/mol. The average Bonchev–Trinajstić information content (AvgIpc) is 2.83. The van der Waals surface area contributed by atoms with Gasteiger partial charge in [-0.1, -0.05) is 23.7 Å². The van der Waals surface area contributed by atoms with Crippen LogP contribution in [0.5, 0.6) is 0 Å². The van der Waals surface area contributed by atoms with Gasteiger partial charge in [-0.2, -0.15) is 5.10 Å². The Labute approximate surface area is 154 Å². The van der Waals surface area contributed by atoms with E-state index in [4.69, 9.17) is 17.3 Å². The third-order valence-corrected chi connectivity index (χ3v) is 4.33. The maximum absolute atomic E-state index is 6.21. The van der Waals surface area contributed by atoms with Gasteiger partial charge in [0.2, 0.25) is 0 Å². The minimum absolute atomic E-state index is 0. The van der Waals surface area contributed by atoms with Crippen molar-refractivity contribution in [1.29, 1.82) is 0 Å². The molecule has 1 unspecified atom stereocenters. The topological polar surface area (TPSA) is 47.1 Å². The van der Waals surface area contributed by atoms with Crippen LogP contribution >= 0.6 is 36.4 Å². The SMILES string of the molecule is Cl.Cl.NC1CCCN(Cc2cnn(-c3ccccc3Cl)c2)CC1. The Balaban J connectivity index is 0.00000132. The molecule has 0 bridgehead atoms. The molecule has 0 saturated carbocycles. The molecule has 0 spiro atoms. The first kappa shape index (κ1) is 20.3. The molecule has 3 rings (SSSR count). The lowest BCUT2D eigenvalue weighted by molar-refractivity contribution is 0.276. The van der Waals surface area contributed by atoms with Gasteiger partial charge in [0.25, 0.3) is 0 Å². The van der Waals surface area contributed by atoms with Gasteiger partial charge >= 0.3 is 0 Å². The number of likely N-dealkylation sites (tertiary alicyclic amines) is 1. The fourth-order valence-corrected chi connectivity index (χ4v) is 3.03. The zero-order valence-corrected chi connectivity index (χ0v) is 15.3. The van der Waals surface area contributed by atoms with Crippen LogP contribution in [0.3, 0.4) is 0 Å². The number of rotatable bonds is 3. The molecule has 1 aromatic carbocycles. The molecule has 1 atom stereocenters. The molecule has 2 aromatic rings. The van der Waals surface area contributed by atoms with Crippen LogP contribution in [0.15, 0.2) is 36.7 Å². The van der Waals surface area contributed by atoms with Gasteiger partial charge in [-0.15, -0.1) is 24.8 Å². The van der Waals surface area contributed by atoms with E-state index in [2.05, 4.69) is 16.2 Å². The smallest absolute Gasteiger partial charge is 0.0831 e. The van der Waals surface area contributed by atoms with Gasteiger partial charge in [0.1, 0.15) is 0 Å². The number of hydrogen-bond donors (Lipinski definition) is 1. The number of benzene rings is 1. The van der Waals surface area contributed by atoms with E-state index < -0.39 is 0 Å². The third-order valence-electron chi connectivity index (χ3n) is 4.01. The van der Waals surface area contributed by atoms with Crippen molar-refractivity contribution in [2.24, 2.45) is 5.73 Å². The van der Waals surface area contributed by atoms with Crippen LogP contribution < -0.4 is 5.73 Å². The van der Waals surface area contributed by atoms with Crippen LogP contribution in [0.25, 0.3) is 5.69 Å². The summed E-state index contributed by atoms with van der Waals surface area (Å²) in [5.74, 6) is 0. The van der Waals surface area contributed by atoms with Crippen LogP contribution in [0.2, 0.25) is 5.02 Å². The summed E-state index contributed by atoms with van der Waals surface area (Å²) < 4.78 is 1.85. The number of halogens is 3. The Hall–Kier alpha value is -0.780. The molecule has 23 heavy (non-hydrogen) atoms. The van der Waals surface area contributed by atoms with E-state index in [9.17, 15) is 0 Å². The zero-order chi connectivity index (χ0) is 14.7. The highest BCUT2D eigenvalue weighted by molar-refractivity contribution is 6.32. The quantitative estimate of drug-likeness (QED) is 0.887. The lowest BCUT2D eigenvalue weighted by atomic mass is 10.1. The molecule has 1 saturated heterocycles. The summed E-state index contributed by atoms with van der Waals surface area (Å²) in [4.78, 5) is 2.46. The highest BCUT2D eigenvalue weighted by atomic mass is 35.5. The Bertz CT molecular complexity index is 603. The molecular formula is C16H23Cl3N4. The Morgan fingerprint density at radius 2 is 1.96 bits per heavy atom. The van der Waals surface area contributed by atoms with Crippen molar-refractivity contribution in [3.8, 4) is 5.69 Å².